The second-order valence-corrected chi connectivity index (χ2v) is 7.60. The van der Waals surface area contributed by atoms with Gasteiger partial charge in [0.25, 0.3) is 5.91 Å². The second-order valence-electron chi connectivity index (χ2n) is 6.31. The summed E-state index contributed by atoms with van der Waals surface area (Å²) in [5, 5.41) is 2.94. The molecule has 1 aliphatic rings. The number of esters is 1. The summed E-state index contributed by atoms with van der Waals surface area (Å²) in [6, 6.07) is 3.85. The molecule has 2 rings (SSSR count). The van der Waals surface area contributed by atoms with Gasteiger partial charge >= 0.3 is 5.97 Å². The van der Waals surface area contributed by atoms with Crippen LogP contribution in [0.25, 0.3) is 0 Å². The van der Waals surface area contributed by atoms with Crippen molar-refractivity contribution in [2.45, 2.75) is 70.9 Å². The minimum atomic E-state index is -0.821. The topological polar surface area (TPSA) is 72.5 Å². The summed E-state index contributed by atoms with van der Waals surface area (Å²) in [5.74, 6) is -0.831. The first kappa shape index (κ1) is 18.6. The van der Waals surface area contributed by atoms with Gasteiger partial charge in [-0.15, -0.1) is 11.3 Å². The van der Waals surface area contributed by atoms with Crippen molar-refractivity contribution in [1.29, 1.82) is 0 Å². The van der Waals surface area contributed by atoms with Crippen LogP contribution >= 0.6 is 11.3 Å². The number of carbonyl (C=O) groups is 3. The molecule has 1 heterocycles. The maximum absolute atomic E-state index is 12.1. The predicted octanol–water partition coefficient (Wildman–Crippen LogP) is 3.40. The van der Waals surface area contributed by atoms with Crippen LogP contribution in [-0.2, 0) is 14.3 Å². The van der Waals surface area contributed by atoms with Crippen molar-refractivity contribution in [3.8, 4) is 0 Å². The normalized spacial score (nSPS) is 16.4. The highest BCUT2D eigenvalue weighted by Gasteiger charge is 2.22. The van der Waals surface area contributed by atoms with E-state index in [2.05, 4.69) is 5.32 Å². The Bertz CT molecular complexity index is 590. The predicted molar refractivity (Wildman–Crippen MR) is 93.2 cm³/mol. The van der Waals surface area contributed by atoms with Crippen molar-refractivity contribution >= 4 is 29.0 Å². The minimum Gasteiger partial charge on any atom is -0.453 e. The van der Waals surface area contributed by atoms with E-state index in [1.807, 2.05) is 13.0 Å². The van der Waals surface area contributed by atoms with Crippen LogP contribution in [-0.4, -0.2) is 29.8 Å². The lowest BCUT2D eigenvalue weighted by Gasteiger charge is -2.24. The highest BCUT2D eigenvalue weighted by atomic mass is 32.1. The molecule has 0 spiro atoms. The zero-order valence-electron chi connectivity index (χ0n) is 14.3. The molecule has 0 aromatic carbocycles. The third-order valence-corrected chi connectivity index (χ3v) is 5.24. The molecule has 1 atom stereocenters. The number of hydrogen-bond donors (Lipinski definition) is 1. The number of hydrogen-bond acceptors (Lipinski definition) is 5. The maximum Gasteiger partial charge on any atom is 0.307 e. The van der Waals surface area contributed by atoms with Gasteiger partial charge in [0.15, 0.2) is 11.9 Å². The average molecular weight is 351 g/mol. The molecule has 1 aromatic heterocycles. The quantitative estimate of drug-likeness (QED) is 0.604. The number of ether oxygens (including phenoxy) is 1. The molecule has 0 unspecified atom stereocenters. The molecule has 0 bridgehead atoms. The van der Waals surface area contributed by atoms with E-state index in [0.29, 0.717) is 4.88 Å². The molecule has 1 aromatic rings. The fourth-order valence-corrected chi connectivity index (χ4v) is 3.63. The molecule has 1 fully saturated rings. The zero-order chi connectivity index (χ0) is 17.5. The van der Waals surface area contributed by atoms with Gasteiger partial charge in [-0.05, 0) is 38.8 Å². The molecule has 1 amide bonds. The Hall–Kier alpha value is -1.69. The van der Waals surface area contributed by atoms with Gasteiger partial charge in [-0.1, -0.05) is 19.3 Å². The van der Waals surface area contributed by atoms with E-state index in [1.165, 1.54) is 17.8 Å². The van der Waals surface area contributed by atoms with E-state index < -0.39 is 12.1 Å². The van der Waals surface area contributed by atoms with E-state index in [0.717, 1.165) is 30.6 Å². The number of rotatable bonds is 7. The van der Waals surface area contributed by atoms with Crippen LogP contribution in [0.1, 0.15) is 66.4 Å². The molecule has 1 saturated carbocycles. The van der Waals surface area contributed by atoms with E-state index >= 15 is 0 Å². The molecular weight excluding hydrogens is 326 g/mol. The van der Waals surface area contributed by atoms with Crippen molar-refractivity contribution in [2.24, 2.45) is 0 Å². The van der Waals surface area contributed by atoms with Crippen molar-refractivity contribution in [2.75, 3.05) is 0 Å². The van der Waals surface area contributed by atoms with Crippen molar-refractivity contribution in [3.05, 3.63) is 21.9 Å². The molecule has 1 aliphatic carbocycles. The number of nitrogens with one attached hydrogen (secondary N) is 1. The van der Waals surface area contributed by atoms with Gasteiger partial charge in [0.2, 0.25) is 0 Å². The van der Waals surface area contributed by atoms with Gasteiger partial charge in [0, 0.05) is 17.3 Å². The summed E-state index contributed by atoms with van der Waals surface area (Å²) < 4.78 is 5.15. The van der Waals surface area contributed by atoms with Crippen LogP contribution < -0.4 is 5.32 Å². The fourth-order valence-electron chi connectivity index (χ4n) is 2.80. The Kier molecular flexibility index (Phi) is 6.97. The number of thiophene rings is 1. The summed E-state index contributed by atoms with van der Waals surface area (Å²) in [5.41, 5.74) is 0. The first-order valence-electron chi connectivity index (χ1n) is 8.55. The number of ketones is 1. The van der Waals surface area contributed by atoms with Crippen LogP contribution in [0, 0.1) is 6.92 Å². The van der Waals surface area contributed by atoms with Gasteiger partial charge in [0.05, 0.1) is 11.3 Å². The lowest BCUT2D eigenvalue weighted by Crippen LogP contribution is -2.42. The van der Waals surface area contributed by atoms with Gasteiger partial charge in [-0.2, -0.15) is 0 Å². The summed E-state index contributed by atoms with van der Waals surface area (Å²) >= 11 is 1.42. The Morgan fingerprint density at radius 3 is 2.54 bits per heavy atom. The molecule has 24 heavy (non-hydrogen) atoms. The smallest absolute Gasteiger partial charge is 0.307 e. The van der Waals surface area contributed by atoms with Crippen molar-refractivity contribution < 1.29 is 19.1 Å². The number of carbonyl (C=O) groups excluding carboxylic acids is 3. The number of Topliss-reactive ketones (excluding diaryl/α,β-unsaturated/α-hetero) is 1. The highest BCUT2D eigenvalue weighted by molar-refractivity contribution is 7.14. The summed E-state index contributed by atoms with van der Waals surface area (Å²) in [4.78, 5) is 37.6. The van der Waals surface area contributed by atoms with E-state index in [4.69, 9.17) is 4.74 Å². The first-order valence-corrected chi connectivity index (χ1v) is 9.37. The molecule has 1 N–H and O–H groups in total. The van der Waals surface area contributed by atoms with E-state index in [9.17, 15) is 14.4 Å². The molecule has 0 saturated heterocycles. The molecular formula is C18H25NO4S. The Morgan fingerprint density at radius 1 is 1.21 bits per heavy atom. The van der Waals surface area contributed by atoms with Gasteiger partial charge in [0.1, 0.15) is 0 Å². The highest BCUT2D eigenvalue weighted by Crippen LogP contribution is 2.18. The van der Waals surface area contributed by atoms with E-state index in [-0.39, 0.29) is 30.6 Å². The third kappa shape index (κ3) is 5.74. The Balaban J connectivity index is 1.70. The standard InChI is InChI=1S/C18H25NO4S/c1-12-8-10-16(24-12)15(20)9-11-17(21)23-13(2)18(22)19-14-6-4-3-5-7-14/h8,10,13-14H,3-7,9,11H2,1-2H3,(H,19,22)/t13-/m1/s1. The first-order chi connectivity index (χ1) is 11.5. The zero-order valence-corrected chi connectivity index (χ0v) is 15.1. The SMILES string of the molecule is Cc1ccc(C(=O)CCC(=O)O[C@H](C)C(=O)NC2CCCCC2)s1. The average Bonchev–Trinajstić information content (AvgIpc) is 3.00. The van der Waals surface area contributed by atoms with Crippen LogP contribution in [0.15, 0.2) is 12.1 Å². The molecule has 6 heteroatoms. The summed E-state index contributed by atoms with van der Waals surface area (Å²) in [6.45, 7) is 3.50. The monoisotopic (exact) mass is 351 g/mol. The molecule has 0 radical (unpaired) electrons. The maximum atomic E-state index is 12.1. The van der Waals surface area contributed by atoms with Crippen molar-refractivity contribution in [3.63, 3.8) is 0 Å². The van der Waals surface area contributed by atoms with Gasteiger partial charge < -0.3 is 10.1 Å². The minimum absolute atomic E-state index is 0.00315. The fraction of sp³-hybridized carbons (Fsp3) is 0.611. The van der Waals surface area contributed by atoms with E-state index in [1.54, 1.807) is 13.0 Å². The van der Waals surface area contributed by atoms with Crippen LogP contribution in [0.4, 0.5) is 0 Å². The lowest BCUT2D eigenvalue weighted by molar-refractivity contribution is -0.155. The number of aryl methyl sites for hydroxylation is 1. The van der Waals surface area contributed by atoms with Crippen LogP contribution in [0.5, 0.6) is 0 Å². The summed E-state index contributed by atoms with van der Waals surface area (Å²) in [6.07, 6.45) is 4.73. The third-order valence-electron chi connectivity index (χ3n) is 4.20. The largest absolute Gasteiger partial charge is 0.453 e. The lowest BCUT2D eigenvalue weighted by atomic mass is 9.95. The number of amides is 1. The molecule has 5 nitrogen and oxygen atoms in total. The molecule has 0 aliphatic heterocycles. The second kappa shape index (κ2) is 8.97. The Labute approximate surface area is 146 Å². The molecule has 132 valence electrons. The summed E-state index contributed by atoms with van der Waals surface area (Å²) in [7, 11) is 0. The van der Waals surface area contributed by atoms with Crippen LogP contribution in [0.2, 0.25) is 0 Å². The van der Waals surface area contributed by atoms with Crippen molar-refractivity contribution in [1.82, 2.24) is 5.32 Å². The van der Waals surface area contributed by atoms with Gasteiger partial charge in [-0.25, -0.2) is 0 Å². The van der Waals surface area contributed by atoms with Crippen LogP contribution in [0.3, 0.4) is 0 Å². The van der Waals surface area contributed by atoms with Gasteiger partial charge in [-0.3, -0.25) is 14.4 Å². The Morgan fingerprint density at radius 2 is 1.92 bits per heavy atom.